The molecule has 4 heteroatoms. The lowest BCUT2D eigenvalue weighted by Crippen LogP contribution is -2.33. The number of rotatable bonds is 4. The number of methoxy groups -OCH3 is 2. The van der Waals surface area contributed by atoms with Crippen LogP contribution in [0.4, 0.5) is 0 Å². The number of benzene rings is 1. The highest BCUT2D eigenvalue weighted by molar-refractivity contribution is 5.46. The molecule has 4 nitrogen and oxygen atoms in total. The van der Waals surface area contributed by atoms with E-state index in [1.807, 2.05) is 18.2 Å². The minimum atomic E-state index is -0.552. The van der Waals surface area contributed by atoms with E-state index in [0.717, 1.165) is 31.5 Å². The number of hydrogen-bond donors (Lipinski definition) is 2. The lowest BCUT2D eigenvalue weighted by atomic mass is 9.88. The molecule has 1 fully saturated rings. The van der Waals surface area contributed by atoms with Gasteiger partial charge in [-0.15, -0.1) is 0 Å². The zero-order valence-electron chi connectivity index (χ0n) is 11.0. The van der Waals surface area contributed by atoms with Gasteiger partial charge in [0, 0.05) is 12.5 Å². The third kappa shape index (κ3) is 2.60. The van der Waals surface area contributed by atoms with Crippen LogP contribution in [0.15, 0.2) is 18.2 Å². The molecule has 2 rings (SSSR count). The third-order valence-electron chi connectivity index (χ3n) is 3.54. The van der Waals surface area contributed by atoms with E-state index in [4.69, 9.17) is 9.47 Å². The second-order valence-electron chi connectivity index (χ2n) is 4.63. The summed E-state index contributed by atoms with van der Waals surface area (Å²) >= 11 is 0. The van der Waals surface area contributed by atoms with E-state index in [2.05, 4.69) is 5.32 Å². The van der Waals surface area contributed by atoms with Crippen molar-refractivity contribution >= 4 is 0 Å². The molecule has 0 radical (unpaired) electrons. The molecule has 1 aromatic rings. The summed E-state index contributed by atoms with van der Waals surface area (Å²) in [5.41, 5.74) is 0.760. The van der Waals surface area contributed by atoms with Crippen LogP contribution in [0.1, 0.15) is 24.5 Å². The Balaban J connectivity index is 2.29. The number of nitrogens with one attached hydrogen (secondary N) is 1. The van der Waals surface area contributed by atoms with E-state index in [1.165, 1.54) is 0 Å². The molecule has 2 atom stereocenters. The van der Waals surface area contributed by atoms with E-state index < -0.39 is 6.10 Å². The molecule has 0 saturated carbocycles. The second-order valence-corrected chi connectivity index (χ2v) is 4.63. The van der Waals surface area contributed by atoms with Crippen LogP contribution in [0.25, 0.3) is 0 Å². The molecule has 0 bridgehead atoms. The van der Waals surface area contributed by atoms with Gasteiger partial charge in [0.1, 0.15) is 11.5 Å². The van der Waals surface area contributed by atoms with Crippen molar-refractivity contribution in [3.05, 3.63) is 23.8 Å². The fraction of sp³-hybridized carbons (Fsp3) is 0.571. The van der Waals surface area contributed by atoms with Gasteiger partial charge in [0.2, 0.25) is 0 Å². The fourth-order valence-electron chi connectivity index (χ4n) is 2.56. The Kier molecular flexibility index (Phi) is 4.44. The van der Waals surface area contributed by atoms with Gasteiger partial charge >= 0.3 is 0 Å². The molecule has 1 aliphatic rings. The topological polar surface area (TPSA) is 50.7 Å². The highest BCUT2D eigenvalue weighted by atomic mass is 16.5. The lowest BCUT2D eigenvalue weighted by molar-refractivity contribution is 0.0870. The Morgan fingerprint density at radius 1 is 1.28 bits per heavy atom. The first-order chi connectivity index (χ1) is 8.77. The van der Waals surface area contributed by atoms with Crippen LogP contribution in [0.5, 0.6) is 11.5 Å². The molecule has 100 valence electrons. The van der Waals surface area contributed by atoms with E-state index >= 15 is 0 Å². The van der Waals surface area contributed by atoms with E-state index in [-0.39, 0.29) is 5.92 Å². The summed E-state index contributed by atoms with van der Waals surface area (Å²) in [6.45, 7) is 1.87. The summed E-state index contributed by atoms with van der Waals surface area (Å²) in [6, 6.07) is 5.58. The molecule has 1 aliphatic heterocycles. The van der Waals surface area contributed by atoms with Crippen molar-refractivity contribution < 1.29 is 14.6 Å². The largest absolute Gasteiger partial charge is 0.496 e. The van der Waals surface area contributed by atoms with E-state index in [1.54, 1.807) is 14.2 Å². The first kappa shape index (κ1) is 13.2. The Bertz CT molecular complexity index is 366. The zero-order valence-corrected chi connectivity index (χ0v) is 11.0. The SMILES string of the molecule is COc1cccc(OC)c1C(O)C1CCCNC1. The second kappa shape index (κ2) is 6.07. The van der Waals surface area contributed by atoms with Crippen LogP contribution in [0.3, 0.4) is 0 Å². The van der Waals surface area contributed by atoms with Crippen molar-refractivity contribution in [2.45, 2.75) is 18.9 Å². The quantitative estimate of drug-likeness (QED) is 0.856. The van der Waals surface area contributed by atoms with Crippen LogP contribution in [0, 0.1) is 5.92 Å². The molecule has 0 amide bonds. The average Bonchev–Trinajstić information content (AvgIpc) is 2.46. The Morgan fingerprint density at radius 3 is 2.44 bits per heavy atom. The Morgan fingerprint density at radius 2 is 1.94 bits per heavy atom. The van der Waals surface area contributed by atoms with Crippen LogP contribution in [-0.4, -0.2) is 32.4 Å². The standard InChI is InChI=1S/C14H21NO3/c1-17-11-6-3-7-12(18-2)13(11)14(16)10-5-4-8-15-9-10/h3,6-7,10,14-16H,4-5,8-9H2,1-2H3. The molecule has 2 N–H and O–H groups in total. The molecular weight excluding hydrogens is 230 g/mol. The summed E-state index contributed by atoms with van der Waals surface area (Å²) < 4.78 is 10.7. The van der Waals surface area contributed by atoms with E-state index in [0.29, 0.717) is 11.5 Å². The van der Waals surface area contributed by atoms with Gasteiger partial charge in [0.15, 0.2) is 0 Å². The van der Waals surface area contributed by atoms with Gasteiger partial charge < -0.3 is 19.9 Å². The van der Waals surface area contributed by atoms with Crippen molar-refractivity contribution in [3.63, 3.8) is 0 Å². The van der Waals surface area contributed by atoms with Crippen LogP contribution >= 0.6 is 0 Å². The zero-order chi connectivity index (χ0) is 13.0. The maximum atomic E-state index is 10.6. The molecule has 18 heavy (non-hydrogen) atoms. The average molecular weight is 251 g/mol. The van der Waals surface area contributed by atoms with Crippen molar-refractivity contribution in [1.82, 2.24) is 5.32 Å². The van der Waals surface area contributed by atoms with Crippen molar-refractivity contribution in [2.75, 3.05) is 27.3 Å². The van der Waals surface area contributed by atoms with Gasteiger partial charge in [0.25, 0.3) is 0 Å². The molecule has 0 aliphatic carbocycles. The Labute approximate surface area is 108 Å². The van der Waals surface area contributed by atoms with Gasteiger partial charge in [-0.3, -0.25) is 0 Å². The van der Waals surface area contributed by atoms with E-state index in [9.17, 15) is 5.11 Å². The summed E-state index contributed by atoms with van der Waals surface area (Å²) in [5.74, 6) is 1.59. The van der Waals surface area contributed by atoms with Crippen molar-refractivity contribution in [2.24, 2.45) is 5.92 Å². The maximum Gasteiger partial charge on any atom is 0.128 e. The van der Waals surface area contributed by atoms with Crippen LogP contribution in [0.2, 0.25) is 0 Å². The van der Waals surface area contributed by atoms with Crippen molar-refractivity contribution in [3.8, 4) is 11.5 Å². The molecule has 2 unspecified atom stereocenters. The van der Waals surface area contributed by atoms with Gasteiger partial charge in [0.05, 0.1) is 25.9 Å². The predicted molar refractivity (Wildman–Crippen MR) is 70.1 cm³/mol. The van der Waals surface area contributed by atoms with Gasteiger partial charge in [-0.25, -0.2) is 0 Å². The van der Waals surface area contributed by atoms with Gasteiger partial charge in [-0.05, 0) is 31.5 Å². The maximum absolute atomic E-state index is 10.6. The van der Waals surface area contributed by atoms with Gasteiger partial charge in [-0.1, -0.05) is 6.07 Å². The number of ether oxygens (including phenoxy) is 2. The molecule has 1 aromatic carbocycles. The summed E-state index contributed by atoms with van der Waals surface area (Å²) in [5, 5.41) is 13.9. The van der Waals surface area contributed by atoms with Crippen LogP contribution in [-0.2, 0) is 0 Å². The normalized spacial score (nSPS) is 21.4. The summed E-state index contributed by atoms with van der Waals surface area (Å²) in [7, 11) is 3.23. The highest BCUT2D eigenvalue weighted by Gasteiger charge is 2.28. The molecule has 0 spiro atoms. The Hall–Kier alpha value is -1.26. The lowest BCUT2D eigenvalue weighted by Gasteiger charge is -2.29. The summed E-state index contributed by atoms with van der Waals surface area (Å²) in [6.07, 6.45) is 1.57. The van der Waals surface area contributed by atoms with Crippen molar-refractivity contribution in [1.29, 1.82) is 0 Å². The first-order valence-corrected chi connectivity index (χ1v) is 6.37. The summed E-state index contributed by atoms with van der Waals surface area (Å²) in [4.78, 5) is 0. The smallest absolute Gasteiger partial charge is 0.128 e. The predicted octanol–water partition coefficient (Wildman–Crippen LogP) is 1.74. The first-order valence-electron chi connectivity index (χ1n) is 6.37. The third-order valence-corrected chi connectivity index (χ3v) is 3.54. The molecule has 1 saturated heterocycles. The monoisotopic (exact) mass is 251 g/mol. The highest BCUT2D eigenvalue weighted by Crippen LogP contribution is 2.39. The van der Waals surface area contributed by atoms with Gasteiger partial charge in [-0.2, -0.15) is 0 Å². The number of aliphatic hydroxyl groups excluding tert-OH is 1. The minimum absolute atomic E-state index is 0.212. The number of piperidine rings is 1. The molecule has 1 heterocycles. The molecule has 0 aromatic heterocycles. The number of aliphatic hydroxyl groups is 1. The van der Waals surface area contributed by atoms with Crippen LogP contribution < -0.4 is 14.8 Å². The fourth-order valence-corrected chi connectivity index (χ4v) is 2.56. The molecular formula is C14H21NO3. The minimum Gasteiger partial charge on any atom is -0.496 e. The number of hydrogen-bond acceptors (Lipinski definition) is 4.